The molecule has 2 aromatic carbocycles. The highest BCUT2D eigenvalue weighted by atomic mass is 32.2. The molecule has 1 unspecified atom stereocenters. The third-order valence-corrected chi connectivity index (χ3v) is 6.88. The van der Waals surface area contributed by atoms with Gasteiger partial charge in [-0.05, 0) is 43.9 Å². The van der Waals surface area contributed by atoms with Gasteiger partial charge in [0.1, 0.15) is 5.75 Å². The molecule has 0 N–H and O–H groups in total. The Kier molecular flexibility index (Phi) is 7.54. The Morgan fingerprint density at radius 3 is 2.48 bits per heavy atom. The summed E-state index contributed by atoms with van der Waals surface area (Å²) in [6.45, 7) is 4.40. The van der Waals surface area contributed by atoms with Crippen LogP contribution in [-0.4, -0.2) is 58.1 Å². The first-order chi connectivity index (χ1) is 16.1. The number of benzene rings is 2. The number of hydrogen-bond acceptors (Lipinski definition) is 6. The molecule has 1 saturated heterocycles. The molecule has 1 aromatic heterocycles. The zero-order valence-electron chi connectivity index (χ0n) is 19.5. The normalized spacial score (nSPS) is 14.7. The minimum Gasteiger partial charge on any atom is -0.495 e. The van der Waals surface area contributed by atoms with Gasteiger partial charge >= 0.3 is 0 Å². The van der Waals surface area contributed by atoms with Gasteiger partial charge in [0.25, 0.3) is 0 Å². The Balaban J connectivity index is 1.60. The van der Waals surface area contributed by atoms with Gasteiger partial charge in [-0.1, -0.05) is 54.2 Å². The number of hydrogen-bond donors (Lipinski definition) is 0. The van der Waals surface area contributed by atoms with E-state index >= 15 is 0 Å². The summed E-state index contributed by atoms with van der Waals surface area (Å²) in [5, 5.41) is 9.45. The average molecular weight is 466 g/mol. The van der Waals surface area contributed by atoms with Crippen LogP contribution in [0.4, 0.5) is 5.95 Å². The maximum absolute atomic E-state index is 13.1. The van der Waals surface area contributed by atoms with Crippen LogP contribution in [-0.2, 0) is 11.3 Å². The molecular weight excluding hydrogens is 434 g/mol. The Morgan fingerprint density at radius 2 is 1.76 bits per heavy atom. The predicted octanol–water partition coefficient (Wildman–Crippen LogP) is 4.41. The summed E-state index contributed by atoms with van der Waals surface area (Å²) in [6, 6.07) is 17.9. The molecule has 0 radical (unpaired) electrons. The van der Waals surface area contributed by atoms with Crippen molar-refractivity contribution < 1.29 is 9.53 Å². The lowest BCUT2D eigenvalue weighted by molar-refractivity contribution is -0.129. The van der Waals surface area contributed by atoms with Crippen molar-refractivity contribution in [2.45, 2.75) is 43.1 Å². The third-order valence-electron chi connectivity index (χ3n) is 5.85. The molecule has 0 saturated carbocycles. The first kappa shape index (κ1) is 23.2. The Bertz CT molecular complexity index is 1070. The molecule has 4 rings (SSSR count). The van der Waals surface area contributed by atoms with E-state index in [1.807, 2.05) is 73.1 Å². The molecule has 0 aliphatic carbocycles. The molecule has 1 aliphatic heterocycles. The first-order valence-corrected chi connectivity index (χ1v) is 12.3. The highest BCUT2D eigenvalue weighted by Crippen LogP contribution is 2.34. The first-order valence-electron chi connectivity index (χ1n) is 11.4. The van der Waals surface area contributed by atoms with Crippen LogP contribution in [0.2, 0.25) is 0 Å². The van der Waals surface area contributed by atoms with E-state index in [-0.39, 0.29) is 11.2 Å². The van der Waals surface area contributed by atoms with E-state index in [0.717, 1.165) is 48.9 Å². The number of carbonyl (C=O) groups is 1. The van der Waals surface area contributed by atoms with Crippen LogP contribution in [0.3, 0.4) is 0 Å². The van der Waals surface area contributed by atoms with Crippen LogP contribution in [0, 0.1) is 0 Å². The molecule has 2 heterocycles. The number of nitrogens with zero attached hydrogens (tertiary/aromatic N) is 5. The van der Waals surface area contributed by atoms with Crippen molar-refractivity contribution in [2.75, 3.05) is 32.1 Å². The topological polar surface area (TPSA) is 63.5 Å². The summed E-state index contributed by atoms with van der Waals surface area (Å²) >= 11 is 1.43. The molecule has 0 spiro atoms. The second-order valence-electron chi connectivity index (χ2n) is 8.28. The standard InChI is InChI=1S/C25H31N5O2S/c1-19(23(31)28(2)18-20-12-6-4-7-13-20)33-25-27-26-24(29-16-10-5-11-17-29)30(25)21-14-8-9-15-22(21)32-3/h4,6-9,12-15,19H,5,10-11,16-18H2,1-3H3. The number of piperidine rings is 1. The second-order valence-corrected chi connectivity index (χ2v) is 9.59. The monoisotopic (exact) mass is 465 g/mol. The molecule has 1 fully saturated rings. The fraction of sp³-hybridized carbons (Fsp3) is 0.400. The van der Waals surface area contributed by atoms with E-state index in [0.29, 0.717) is 11.7 Å². The summed E-state index contributed by atoms with van der Waals surface area (Å²) in [6.07, 6.45) is 3.51. The molecule has 0 bridgehead atoms. The van der Waals surface area contributed by atoms with Crippen LogP contribution in [0.5, 0.6) is 5.75 Å². The largest absolute Gasteiger partial charge is 0.495 e. The van der Waals surface area contributed by atoms with Crippen molar-refractivity contribution in [2.24, 2.45) is 0 Å². The molecule has 1 aliphatic rings. The van der Waals surface area contributed by atoms with Crippen LogP contribution < -0.4 is 9.64 Å². The van der Waals surface area contributed by atoms with Crippen LogP contribution in [0.25, 0.3) is 5.69 Å². The zero-order chi connectivity index (χ0) is 23.2. The summed E-state index contributed by atoms with van der Waals surface area (Å²) in [5.41, 5.74) is 1.99. The number of amides is 1. The molecule has 33 heavy (non-hydrogen) atoms. The van der Waals surface area contributed by atoms with Crippen molar-refractivity contribution in [1.82, 2.24) is 19.7 Å². The molecule has 3 aromatic rings. The van der Waals surface area contributed by atoms with Gasteiger partial charge in [0.05, 0.1) is 18.0 Å². The van der Waals surface area contributed by atoms with E-state index in [4.69, 9.17) is 4.74 Å². The van der Waals surface area contributed by atoms with Gasteiger partial charge in [0, 0.05) is 26.7 Å². The lowest BCUT2D eigenvalue weighted by Gasteiger charge is -2.28. The van der Waals surface area contributed by atoms with Crippen molar-refractivity contribution in [3.63, 3.8) is 0 Å². The van der Waals surface area contributed by atoms with Crippen LogP contribution >= 0.6 is 11.8 Å². The van der Waals surface area contributed by atoms with E-state index in [2.05, 4.69) is 15.1 Å². The summed E-state index contributed by atoms with van der Waals surface area (Å²) in [4.78, 5) is 17.2. The molecule has 8 heteroatoms. The van der Waals surface area contributed by atoms with Gasteiger partial charge in [0.2, 0.25) is 11.9 Å². The maximum atomic E-state index is 13.1. The third kappa shape index (κ3) is 5.33. The quantitative estimate of drug-likeness (QED) is 0.460. The zero-order valence-corrected chi connectivity index (χ0v) is 20.3. The van der Waals surface area contributed by atoms with Gasteiger partial charge in [-0.15, -0.1) is 10.2 Å². The number of anilines is 1. The number of thioether (sulfide) groups is 1. The molecule has 1 atom stereocenters. The van der Waals surface area contributed by atoms with E-state index < -0.39 is 0 Å². The van der Waals surface area contributed by atoms with Crippen LogP contribution in [0.1, 0.15) is 31.7 Å². The minimum absolute atomic E-state index is 0.0537. The number of para-hydroxylation sites is 2. The number of aromatic nitrogens is 3. The highest BCUT2D eigenvalue weighted by Gasteiger charge is 2.27. The highest BCUT2D eigenvalue weighted by molar-refractivity contribution is 8.00. The molecule has 1 amide bonds. The van der Waals surface area contributed by atoms with Gasteiger partial charge < -0.3 is 14.5 Å². The van der Waals surface area contributed by atoms with Gasteiger partial charge in [-0.2, -0.15) is 0 Å². The van der Waals surface area contributed by atoms with Crippen LogP contribution in [0.15, 0.2) is 59.8 Å². The predicted molar refractivity (Wildman–Crippen MR) is 132 cm³/mol. The van der Waals surface area contributed by atoms with E-state index in [1.165, 1.54) is 18.2 Å². The lowest BCUT2D eigenvalue weighted by atomic mass is 10.1. The van der Waals surface area contributed by atoms with Crippen molar-refractivity contribution in [3.05, 3.63) is 60.2 Å². The number of ether oxygens (including phenoxy) is 1. The SMILES string of the molecule is COc1ccccc1-n1c(SC(C)C(=O)N(C)Cc2ccccc2)nnc1N1CCCCC1. The Hall–Kier alpha value is -3.00. The number of rotatable bonds is 8. The fourth-order valence-electron chi connectivity index (χ4n) is 4.12. The Morgan fingerprint density at radius 1 is 1.06 bits per heavy atom. The maximum Gasteiger partial charge on any atom is 0.235 e. The average Bonchev–Trinajstić information content (AvgIpc) is 3.27. The number of methoxy groups -OCH3 is 1. The minimum atomic E-state index is -0.314. The van der Waals surface area contributed by atoms with Crippen molar-refractivity contribution >= 4 is 23.6 Å². The van der Waals surface area contributed by atoms with Crippen molar-refractivity contribution in [1.29, 1.82) is 0 Å². The summed E-state index contributed by atoms with van der Waals surface area (Å²) in [7, 11) is 3.51. The Labute approximate surface area is 199 Å². The van der Waals surface area contributed by atoms with Gasteiger partial charge in [0.15, 0.2) is 5.16 Å². The molecule has 174 valence electrons. The summed E-state index contributed by atoms with van der Waals surface area (Å²) in [5.74, 6) is 1.61. The fourth-order valence-corrected chi connectivity index (χ4v) is 5.09. The molecule has 7 nitrogen and oxygen atoms in total. The lowest BCUT2D eigenvalue weighted by Crippen LogP contribution is -2.33. The van der Waals surface area contributed by atoms with E-state index in [1.54, 1.807) is 12.0 Å². The van der Waals surface area contributed by atoms with E-state index in [9.17, 15) is 4.79 Å². The second kappa shape index (κ2) is 10.7. The van der Waals surface area contributed by atoms with Gasteiger partial charge in [-0.25, -0.2) is 0 Å². The smallest absolute Gasteiger partial charge is 0.235 e. The number of carbonyl (C=O) groups excluding carboxylic acids is 1. The van der Waals surface area contributed by atoms with Gasteiger partial charge in [-0.3, -0.25) is 9.36 Å². The summed E-state index contributed by atoms with van der Waals surface area (Å²) < 4.78 is 7.68. The molecular formula is C25H31N5O2S. The van der Waals surface area contributed by atoms with Crippen molar-refractivity contribution in [3.8, 4) is 11.4 Å².